The summed E-state index contributed by atoms with van der Waals surface area (Å²) in [6.45, 7) is 5.70. The predicted molar refractivity (Wildman–Crippen MR) is 126 cm³/mol. The summed E-state index contributed by atoms with van der Waals surface area (Å²) in [6.07, 6.45) is 0.541. The van der Waals surface area contributed by atoms with Crippen molar-refractivity contribution in [3.63, 3.8) is 0 Å². The molecule has 3 N–H and O–H groups in total. The Hall–Kier alpha value is -3.35. The van der Waals surface area contributed by atoms with Gasteiger partial charge in [-0.3, -0.25) is 4.79 Å². The number of carboxylic acids is 1. The van der Waals surface area contributed by atoms with E-state index in [2.05, 4.69) is 34.9 Å². The number of hydrogen-bond donors (Lipinski definition) is 3. The fourth-order valence-electron chi connectivity index (χ4n) is 4.24. The molecule has 176 valence electrons. The highest BCUT2D eigenvalue weighted by molar-refractivity contribution is 5.84. The van der Waals surface area contributed by atoms with Gasteiger partial charge in [-0.05, 0) is 34.6 Å². The summed E-state index contributed by atoms with van der Waals surface area (Å²) in [5, 5.41) is 14.7. The lowest BCUT2D eigenvalue weighted by molar-refractivity contribution is -0.143. The van der Waals surface area contributed by atoms with Crippen LogP contribution in [0, 0.1) is 5.92 Å². The molecule has 0 saturated heterocycles. The van der Waals surface area contributed by atoms with Crippen LogP contribution in [0.5, 0.6) is 0 Å². The van der Waals surface area contributed by atoms with Crippen LogP contribution in [0.15, 0.2) is 48.5 Å². The first-order valence-corrected chi connectivity index (χ1v) is 11.5. The summed E-state index contributed by atoms with van der Waals surface area (Å²) in [5.74, 6) is -1.70. The zero-order valence-electron chi connectivity index (χ0n) is 19.3. The second kappa shape index (κ2) is 11.0. The summed E-state index contributed by atoms with van der Waals surface area (Å²) in [6, 6.07) is 14.8. The predicted octanol–water partition coefficient (Wildman–Crippen LogP) is 4.31. The first-order valence-electron chi connectivity index (χ1n) is 11.5. The Kier molecular flexibility index (Phi) is 8.09. The van der Waals surface area contributed by atoms with Crippen LogP contribution >= 0.6 is 0 Å². The topological polar surface area (TPSA) is 105 Å². The van der Waals surface area contributed by atoms with Crippen LogP contribution in [-0.4, -0.2) is 41.8 Å². The van der Waals surface area contributed by atoms with Gasteiger partial charge in [-0.25, -0.2) is 9.59 Å². The molecule has 0 heterocycles. The molecule has 2 aromatic rings. The van der Waals surface area contributed by atoms with Crippen molar-refractivity contribution in [3.8, 4) is 11.1 Å². The third-order valence-corrected chi connectivity index (χ3v) is 6.39. The standard InChI is InChI=1S/C26H32N2O5/c1-4-16(3)24(25(30)31)28-23(29)14-17(5-2)27-26(32)33-15-22-20-12-8-6-10-18(20)19-11-7-9-13-21(19)22/h6-13,16-17,22,24H,4-5,14-15H2,1-3H3,(H,27,32)(H,28,29)(H,30,31)/t16?,17?,24-/m0/s1. The first kappa shape index (κ1) is 24.3. The van der Waals surface area contributed by atoms with Crippen molar-refractivity contribution in [1.29, 1.82) is 0 Å². The van der Waals surface area contributed by atoms with Crippen molar-refractivity contribution < 1.29 is 24.2 Å². The number of hydrogen-bond acceptors (Lipinski definition) is 4. The van der Waals surface area contributed by atoms with Gasteiger partial charge in [0.05, 0.1) is 0 Å². The molecule has 0 aliphatic heterocycles. The number of alkyl carbamates (subject to hydrolysis) is 1. The average Bonchev–Trinajstić information content (AvgIpc) is 3.13. The minimum absolute atomic E-state index is 0.0130. The molecule has 2 unspecified atom stereocenters. The van der Waals surface area contributed by atoms with Gasteiger partial charge in [0.25, 0.3) is 0 Å². The highest BCUT2D eigenvalue weighted by Gasteiger charge is 2.30. The Balaban J connectivity index is 1.57. The summed E-state index contributed by atoms with van der Waals surface area (Å²) >= 11 is 0. The molecule has 3 atom stereocenters. The van der Waals surface area contributed by atoms with Crippen LogP contribution in [0.4, 0.5) is 4.79 Å². The lowest BCUT2D eigenvalue weighted by Gasteiger charge is -2.22. The lowest BCUT2D eigenvalue weighted by Crippen LogP contribution is -2.47. The van der Waals surface area contributed by atoms with Crippen LogP contribution in [0.3, 0.4) is 0 Å². The molecule has 2 amide bonds. The molecule has 0 radical (unpaired) electrons. The van der Waals surface area contributed by atoms with Crippen molar-refractivity contribution in [3.05, 3.63) is 59.7 Å². The number of fused-ring (bicyclic) bond motifs is 3. The first-order chi connectivity index (χ1) is 15.8. The second-order valence-electron chi connectivity index (χ2n) is 8.55. The van der Waals surface area contributed by atoms with E-state index in [0.717, 1.165) is 22.3 Å². The molecule has 7 heteroatoms. The number of aliphatic carboxylic acids is 1. The summed E-state index contributed by atoms with van der Waals surface area (Å²) in [5.41, 5.74) is 4.56. The zero-order chi connectivity index (χ0) is 24.0. The SMILES string of the molecule is CCC(CC(=O)N[C@H](C(=O)O)C(C)CC)NC(=O)OCC1c2ccccc2-c2ccccc21. The Bertz CT molecular complexity index is 960. The van der Waals surface area contributed by atoms with Crippen LogP contribution in [0.1, 0.15) is 57.1 Å². The highest BCUT2D eigenvalue weighted by Crippen LogP contribution is 2.44. The summed E-state index contributed by atoms with van der Waals surface area (Å²) in [7, 11) is 0. The number of carbonyl (C=O) groups is 3. The van der Waals surface area contributed by atoms with Gasteiger partial charge in [-0.15, -0.1) is 0 Å². The molecule has 0 fully saturated rings. The van der Waals surface area contributed by atoms with E-state index in [9.17, 15) is 19.5 Å². The van der Waals surface area contributed by atoms with E-state index in [4.69, 9.17) is 4.74 Å². The maximum Gasteiger partial charge on any atom is 0.407 e. The quantitative estimate of drug-likeness (QED) is 0.498. The number of carboxylic acid groups (broad SMARTS) is 1. The van der Waals surface area contributed by atoms with Crippen LogP contribution < -0.4 is 10.6 Å². The van der Waals surface area contributed by atoms with Gasteiger partial charge < -0.3 is 20.5 Å². The van der Waals surface area contributed by atoms with Crippen molar-refractivity contribution in [2.45, 2.75) is 58.0 Å². The smallest absolute Gasteiger partial charge is 0.407 e. The minimum atomic E-state index is -1.06. The van der Waals surface area contributed by atoms with Crippen molar-refractivity contribution >= 4 is 18.0 Å². The molecular formula is C26H32N2O5. The number of ether oxygens (including phenoxy) is 1. The zero-order valence-corrected chi connectivity index (χ0v) is 19.3. The molecule has 1 aliphatic carbocycles. The molecule has 0 bridgehead atoms. The monoisotopic (exact) mass is 452 g/mol. The van der Waals surface area contributed by atoms with Gasteiger partial charge in [-0.2, -0.15) is 0 Å². The van der Waals surface area contributed by atoms with E-state index in [0.29, 0.717) is 12.8 Å². The van der Waals surface area contributed by atoms with Gasteiger partial charge >= 0.3 is 12.1 Å². The van der Waals surface area contributed by atoms with Crippen LogP contribution in [0.2, 0.25) is 0 Å². The molecule has 33 heavy (non-hydrogen) atoms. The fourth-order valence-corrected chi connectivity index (χ4v) is 4.24. The van der Waals surface area contributed by atoms with E-state index in [1.54, 1.807) is 6.92 Å². The van der Waals surface area contributed by atoms with Crippen molar-refractivity contribution in [2.24, 2.45) is 5.92 Å². The van der Waals surface area contributed by atoms with E-state index in [1.807, 2.05) is 38.1 Å². The third-order valence-electron chi connectivity index (χ3n) is 6.39. The van der Waals surface area contributed by atoms with Gasteiger partial charge in [0.15, 0.2) is 0 Å². The second-order valence-corrected chi connectivity index (χ2v) is 8.55. The Labute approximate surface area is 194 Å². The van der Waals surface area contributed by atoms with Gasteiger partial charge in [0.2, 0.25) is 5.91 Å². The lowest BCUT2D eigenvalue weighted by atomic mass is 9.98. The molecular weight excluding hydrogens is 420 g/mol. The number of benzene rings is 2. The number of rotatable bonds is 10. The maximum absolute atomic E-state index is 12.5. The Morgan fingerprint density at radius 2 is 1.52 bits per heavy atom. The Morgan fingerprint density at radius 1 is 0.939 bits per heavy atom. The number of nitrogens with one attached hydrogen (secondary N) is 2. The van der Waals surface area contributed by atoms with Crippen LogP contribution in [-0.2, 0) is 14.3 Å². The number of amides is 2. The van der Waals surface area contributed by atoms with Crippen molar-refractivity contribution in [2.75, 3.05) is 6.61 Å². The Morgan fingerprint density at radius 3 is 2.03 bits per heavy atom. The summed E-state index contributed by atoms with van der Waals surface area (Å²) in [4.78, 5) is 36.4. The van der Waals surface area contributed by atoms with Gasteiger partial charge in [0, 0.05) is 18.4 Å². The highest BCUT2D eigenvalue weighted by atomic mass is 16.5. The van der Waals surface area contributed by atoms with Crippen LogP contribution in [0.25, 0.3) is 11.1 Å². The maximum atomic E-state index is 12.5. The normalized spacial score (nSPS) is 15.0. The molecule has 7 nitrogen and oxygen atoms in total. The summed E-state index contributed by atoms with van der Waals surface area (Å²) < 4.78 is 5.55. The van der Waals surface area contributed by atoms with Crippen molar-refractivity contribution in [1.82, 2.24) is 10.6 Å². The molecule has 0 saturated carbocycles. The third kappa shape index (κ3) is 5.72. The molecule has 0 spiro atoms. The molecule has 2 aromatic carbocycles. The molecule has 1 aliphatic rings. The van der Waals surface area contributed by atoms with E-state index in [1.165, 1.54) is 0 Å². The minimum Gasteiger partial charge on any atom is -0.480 e. The van der Waals surface area contributed by atoms with E-state index >= 15 is 0 Å². The van der Waals surface area contributed by atoms with Gasteiger partial charge in [-0.1, -0.05) is 75.7 Å². The van der Waals surface area contributed by atoms with Gasteiger partial charge in [0.1, 0.15) is 12.6 Å². The number of carbonyl (C=O) groups excluding carboxylic acids is 2. The average molecular weight is 453 g/mol. The van der Waals surface area contributed by atoms with E-state index in [-0.39, 0.29) is 24.9 Å². The van der Waals surface area contributed by atoms with E-state index < -0.39 is 30.1 Å². The largest absolute Gasteiger partial charge is 0.480 e. The molecule has 0 aromatic heterocycles. The fraction of sp³-hybridized carbons (Fsp3) is 0.423. The molecule has 3 rings (SSSR count).